The van der Waals surface area contributed by atoms with E-state index in [9.17, 15) is 23.1 Å². The number of hydrogen-bond donors (Lipinski definition) is 3. The van der Waals surface area contributed by atoms with Gasteiger partial charge in [0.25, 0.3) is 0 Å². The quantitative estimate of drug-likeness (QED) is 0.219. The number of carbonyl (C=O) groups excluding carboxylic acids is 2. The molecule has 270 valence electrons. The number of methoxy groups -OCH3 is 1. The third-order valence-electron chi connectivity index (χ3n) is 9.02. The number of sulfonamides is 1. The molecule has 15 heteroatoms. The van der Waals surface area contributed by atoms with Crippen molar-refractivity contribution in [1.29, 1.82) is 0 Å². The fourth-order valence-electron chi connectivity index (χ4n) is 6.34. The molecule has 2 amide bonds. The maximum atomic E-state index is 14.3. The summed E-state index contributed by atoms with van der Waals surface area (Å²) in [6, 6.07) is 12.8. The van der Waals surface area contributed by atoms with Gasteiger partial charge < -0.3 is 44.2 Å². The average molecular weight is 706 g/mol. The number of fused-ring (bicyclic) bond motifs is 2. The zero-order valence-electron chi connectivity index (χ0n) is 28.2. The fourth-order valence-corrected chi connectivity index (χ4v) is 8.00. The first-order valence-corrected chi connectivity index (χ1v) is 18.0. The van der Waals surface area contributed by atoms with Gasteiger partial charge in [0, 0.05) is 25.7 Å². The number of carbonyl (C=O) groups is 2. The highest BCUT2D eigenvalue weighted by Crippen LogP contribution is 2.36. The Balaban J connectivity index is 1.34. The molecule has 2 aromatic rings. The Hall–Kier alpha value is -3.63. The Bertz CT molecular complexity index is 1520. The molecule has 14 nitrogen and oxygen atoms in total. The highest BCUT2D eigenvalue weighted by molar-refractivity contribution is 7.89. The number of rotatable bonds is 16. The van der Waals surface area contributed by atoms with Crippen LogP contribution < -0.4 is 20.1 Å². The number of hydrogen-bond acceptors (Lipinski definition) is 11. The minimum atomic E-state index is -4.17. The molecule has 3 heterocycles. The Morgan fingerprint density at radius 2 is 1.84 bits per heavy atom. The minimum Gasteiger partial charge on any atom is -0.454 e. The van der Waals surface area contributed by atoms with E-state index >= 15 is 0 Å². The van der Waals surface area contributed by atoms with Gasteiger partial charge in [-0.3, -0.25) is 0 Å². The number of nitrogens with zero attached hydrogens (tertiary/aromatic N) is 1. The van der Waals surface area contributed by atoms with Crippen LogP contribution in [-0.4, -0.2) is 101 Å². The Morgan fingerprint density at radius 1 is 1.06 bits per heavy atom. The maximum Gasteiger partial charge on any atom is 0.407 e. The van der Waals surface area contributed by atoms with Crippen molar-refractivity contribution in [2.75, 3.05) is 46.8 Å². The van der Waals surface area contributed by atoms with E-state index in [0.717, 1.165) is 5.56 Å². The van der Waals surface area contributed by atoms with E-state index in [1.807, 2.05) is 44.2 Å². The summed E-state index contributed by atoms with van der Waals surface area (Å²) in [5.41, 5.74) is 0.310. The predicted molar refractivity (Wildman–Crippen MR) is 177 cm³/mol. The summed E-state index contributed by atoms with van der Waals surface area (Å²) in [6.45, 7) is 4.81. The summed E-state index contributed by atoms with van der Waals surface area (Å²) >= 11 is 0. The van der Waals surface area contributed by atoms with E-state index in [2.05, 4.69) is 15.4 Å². The van der Waals surface area contributed by atoms with Crippen molar-refractivity contribution in [2.45, 2.75) is 75.4 Å². The van der Waals surface area contributed by atoms with Crippen molar-refractivity contribution >= 4 is 22.2 Å². The second kappa shape index (κ2) is 16.4. The summed E-state index contributed by atoms with van der Waals surface area (Å²) in [7, 11) is -2.87. The van der Waals surface area contributed by atoms with E-state index in [0.29, 0.717) is 50.3 Å². The lowest BCUT2D eigenvalue weighted by atomic mass is 9.87. The first kappa shape index (κ1) is 36.6. The lowest BCUT2D eigenvalue weighted by Crippen LogP contribution is -2.52. The van der Waals surface area contributed by atoms with Crippen molar-refractivity contribution in [3.8, 4) is 11.5 Å². The second-order valence-corrected chi connectivity index (χ2v) is 15.3. The molecule has 5 rings (SSSR count). The number of amides is 2. The van der Waals surface area contributed by atoms with Crippen LogP contribution in [0.25, 0.3) is 0 Å². The van der Waals surface area contributed by atoms with E-state index < -0.39 is 52.2 Å². The molecule has 49 heavy (non-hydrogen) atoms. The van der Waals surface area contributed by atoms with Gasteiger partial charge in [0.15, 0.2) is 17.8 Å². The van der Waals surface area contributed by atoms with Crippen LogP contribution in [0.15, 0.2) is 53.4 Å². The van der Waals surface area contributed by atoms with Crippen molar-refractivity contribution in [3.63, 3.8) is 0 Å². The molecule has 2 fully saturated rings. The van der Waals surface area contributed by atoms with E-state index in [1.165, 1.54) is 23.5 Å². The van der Waals surface area contributed by atoms with E-state index in [4.69, 9.17) is 23.7 Å². The van der Waals surface area contributed by atoms with Crippen molar-refractivity contribution in [3.05, 3.63) is 54.1 Å². The SMILES string of the molecule is COC(=O)NCCCCC(C)(C)CN(C[C@@H](O)[C@H](Cc1ccccc1)NC(=O)O[C@@H]1CO[C@@H]2OCC[C@@H]21)S(=O)(=O)c1ccc2c(c1)OCO2. The summed E-state index contributed by atoms with van der Waals surface area (Å²) in [5, 5.41) is 17.2. The summed E-state index contributed by atoms with van der Waals surface area (Å²) < 4.78 is 62.2. The molecule has 0 bridgehead atoms. The minimum absolute atomic E-state index is 0.0104. The van der Waals surface area contributed by atoms with Crippen LogP contribution in [0.3, 0.4) is 0 Å². The van der Waals surface area contributed by atoms with Crippen LogP contribution in [0.5, 0.6) is 11.5 Å². The van der Waals surface area contributed by atoms with Crippen LogP contribution in [0.1, 0.15) is 45.1 Å². The number of unbranched alkanes of at least 4 members (excludes halogenated alkanes) is 1. The number of ether oxygens (including phenoxy) is 6. The van der Waals surface area contributed by atoms with E-state index in [1.54, 1.807) is 6.07 Å². The molecule has 0 aliphatic carbocycles. The summed E-state index contributed by atoms with van der Waals surface area (Å²) in [5.74, 6) is 0.695. The maximum absolute atomic E-state index is 14.3. The molecule has 3 aliphatic heterocycles. The van der Waals surface area contributed by atoms with Crippen LogP contribution in [0.2, 0.25) is 0 Å². The highest BCUT2D eigenvalue weighted by atomic mass is 32.2. The molecule has 5 atom stereocenters. The van der Waals surface area contributed by atoms with Crippen LogP contribution in [0, 0.1) is 11.3 Å². The smallest absolute Gasteiger partial charge is 0.407 e. The van der Waals surface area contributed by atoms with Gasteiger partial charge in [0.1, 0.15) is 6.10 Å². The third-order valence-corrected chi connectivity index (χ3v) is 10.8. The predicted octanol–water partition coefficient (Wildman–Crippen LogP) is 3.42. The van der Waals surface area contributed by atoms with Gasteiger partial charge in [-0.1, -0.05) is 50.6 Å². The first-order valence-electron chi connectivity index (χ1n) is 16.6. The number of aliphatic hydroxyl groups is 1. The van der Waals surface area contributed by atoms with Gasteiger partial charge in [-0.15, -0.1) is 0 Å². The monoisotopic (exact) mass is 705 g/mol. The first-order chi connectivity index (χ1) is 23.4. The summed E-state index contributed by atoms with van der Waals surface area (Å²) in [6.07, 6.45) is -0.506. The lowest BCUT2D eigenvalue weighted by molar-refractivity contribution is -0.0907. The molecular formula is C34H47N3O11S. The highest BCUT2D eigenvalue weighted by Gasteiger charge is 2.44. The van der Waals surface area contributed by atoms with Gasteiger partial charge in [0.2, 0.25) is 16.8 Å². The van der Waals surface area contributed by atoms with Gasteiger partial charge in [-0.2, -0.15) is 4.31 Å². The molecule has 0 aromatic heterocycles. The van der Waals surface area contributed by atoms with Crippen molar-refractivity contribution in [1.82, 2.24) is 14.9 Å². The summed E-state index contributed by atoms with van der Waals surface area (Å²) in [4.78, 5) is 24.6. The van der Waals surface area contributed by atoms with Gasteiger partial charge in [-0.25, -0.2) is 18.0 Å². The van der Waals surface area contributed by atoms with E-state index in [-0.39, 0.29) is 43.7 Å². The molecular weight excluding hydrogens is 658 g/mol. The molecule has 0 saturated carbocycles. The van der Waals surface area contributed by atoms with Gasteiger partial charge in [0.05, 0.1) is 43.3 Å². The zero-order valence-corrected chi connectivity index (χ0v) is 29.0. The molecule has 0 unspecified atom stereocenters. The van der Waals surface area contributed by atoms with Crippen molar-refractivity contribution < 1.29 is 51.5 Å². The fraction of sp³-hybridized carbons (Fsp3) is 0.588. The number of benzene rings is 2. The molecule has 0 radical (unpaired) electrons. The molecule has 3 aliphatic rings. The topological polar surface area (TPSA) is 171 Å². The standard InChI is InChI=1S/C34H47N3O11S/c1-34(2,14-7-8-15-35-32(39)43-3)21-37(49(41,42)24-11-12-28-29(18-24)47-22-46-28)19-27(38)26(17-23-9-5-4-6-10-23)36-33(40)48-30-20-45-31-25(30)13-16-44-31/h4-6,9-12,18,25-27,30-31,38H,7-8,13-17,19-22H2,1-3H3,(H,35,39)(H,36,40)/t25-,26+,27-,30-,31+/m1/s1. The Kier molecular flexibility index (Phi) is 12.3. The Morgan fingerprint density at radius 3 is 2.61 bits per heavy atom. The molecule has 3 N–H and O–H groups in total. The lowest BCUT2D eigenvalue weighted by Gasteiger charge is -2.35. The van der Waals surface area contributed by atoms with Gasteiger partial charge >= 0.3 is 12.2 Å². The molecule has 2 aromatic carbocycles. The third kappa shape index (κ3) is 9.75. The number of aliphatic hydroxyl groups excluding tert-OH is 1. The van der Waals surface area contributed by atoms with Gasteiger partial charge in [-0.05, 0) is 48.8 Å². The van der Waals surface area contributed by atoms with Crippen LogP contribution >= 0.6 is 0 Å². The number of alkyl carbamates (subject to hydrolysis) is 2. The van der Waals surface area contributed by atoms with Crippen molar-refractivity contribution in [2.24, 2.45) is 11.3 Å². The second-order valence-electron chi connectivity index (χ2n) is 13.3. The number of nitrogens with one attached hydrogen (secondary N) is 2. The molecule has 0 spiro atoms. The molecule has 2 saturated heterocycles. The average Bonchev–Trinajstić information content (AvgIpc) is 3.83. The Labute approximate surface area is 287 Å². The largest absolute Gasteiger partial charge is 0.454 e. The van der Waals surface area contributed by atoms with Crippen LogP contribution in [0.4, 0.5) is 9.59 Å². The normalized spacial score (nSPS) is 21.2. The zero-order chi connectivity index (χ0) is 35.0. The van der Waals surface area contributed by atoms with Crippen LogP contribution in [-0.2, 0) is 35.4 Å².